The second kappa shape index (κ2) is 4.69. The molecule has 4 unspecified atom stereocenters. The molecule has 164 valence electrons. The fourth-order valence-electron chi connectivity index (χ4n) is 8.12. The Bertz CT molecular complexity index is 925. The minimum atomic E-state index is -2.24. The lowest BCUT2D eigenvalue weighted by atomic mass is 9.51. The number of fused-ring (bicyclic) bond motifs is 1. The van der Waals surface area contributed by atoms with E-state index in [1.807, 2.05) is 20.8 Å². The molecule has 0 aromatic heterocycles. The van der Waals surface area contributed by atoms with Crippen LogP contribution in [0.1, 0.15) is 34.1 Å². The van der Waals surface area contributed by atoms with E-state index in [2.05, 4.69) is 0 Å². The zero-order valence-corrected chi connectivity index (χ0v) is 16.9. The summed E-state index contributed by atoms with van der Waals surface area (Å²) in [7, 11) is 0. The number of hydrogen-bond donors (Lipinski definition) is 3. The molecular weight excluding hydrogens is 400 g/mol. The Morgan fingerprint density at radius 1 is 1.03 bits per heavy atom. The fraction of sp³-hybridized carbons (Fsp3) is 0.850. The lowest BCUT2D eigenvalue weighted by molar-refractivity contribution is -0.239. The van der Waals surface area contributed by atoms with Gasteiger partial charge in [-0.25, -0.2) is 9.59 Å². The summed E-state index contributed by atoms with van der Waals surface area (Å²) < 4.78 is 22.5. The number of aliphatic hydroxyl groups is 3. The van der Waals surface area contributed by atoms with E-state index in [4.69, 9.17) is 18.9 Å². The standard InChI is InChI=1S/C20H24O10/c1-6-12(23)28-11-9(21)18-8-5-7(16(2,3)4)17(18)10(22)13(24)29-15(17)30-20(18,14(25)27-8)19(6,11)26/h6-11,15,21-22,26H,5H2,1-4H3/t6-,7?,8?,9+,10?,11+,15+,17-,18?,19-,20-/m1/s1. The van der Waals surface area contributed by atoms with E-state index >= 15 is 0 Å². The molecular formula is C20H24O10. The van der Waals surface area contributed by atoms with Gasteiger partial charge in [-0.15, -0.1) is 0 Å². The molecule has 6 fully saturated rings. The highest BCUT2D eigenvalue weighted by Gasteiger charge is 3.03. The van der Waals surface area contributed by atoms with Crippen LogP contribution in [-0.4, -0.2) is 75.1 Å². The summed E-state index contributed by atoms with van der Waals surface area (Å²) in [4.78, 5) is 38.2. The third kappa shape index (κ3) is 1.33. The predicted molar refractivity (Wildman–Crippen MR) is 92.0 cm³/mol. The summed E-state index contributed by atoms with van der Waals surface area (Å²) in [5.74, 6) is -4.32. The van der Waals surface area contributed by atoms with Gasteiger partial charge in [0.25, 0.3) is 0 Å². The molecule has 4 aliphatic heterocycles. The maximum absolute atomic E-state index is 13.4. The summed E-state index contributed by atoms with van der Waals surface area (Å²) in [6.07, 6.45) is -6.91. The van der Waals surface area contributed by atoms with Gasteiger partial charge in [0, 0.05) is 0 Å². The summed E-state index contributed by atoms with van der Waals surface area (Å²) >= 11 is 0. The Morgan fingerprint density at radius 3 is 2.33 bits per heavy atom. The van der Waals surface area contributed by atoms with Gasteiger partial charge in [0.15, 0.2) is 17.8 Å². The third-order valence-electron chi connectivity index (χ3n) is 9.00. The first-order chi connectivity index (χ1) is 13.8. The van der Waals surface area contributed by atoms with Crippen molar-refractivity contribution in [2.45, 2.75) is 76.0 Å². The van der Waals surface area contributed by atoms with Crippen LogP contribution in [0.5, 0.6) is 0 Å². The zero-order valence-electron chi connectivity index (χ0n) is 16.9. The number of carbonyl (C=O) groups is 3. The van der Waals surface area contributed by atoms with E-state index in [1.165, 1.54) is 6.92 Å². The van der Waals surface area contributed by atoms with Crippen molar-refractivity contribution >= 4 is 17.9 Å². The fourth-order valence-corrected chi connectivity index (χ4v) is 8.12. The highest BCUT2D eigenvalue weighted by molar-refractivity contribution is 5.94. The quantitative estimate of drug-likeness (QED) is 0.314. The monoisotopic (exact) mass is 424 g/mol. The average Bonchev–Trinajstić information content (AvgIpc) is 3.35. The molecule has 2 aliphatic carbocycles. The molecule has 10 heteroatoms. The molecule has 3 N–H and O–H groups in total. The minimum absolute atomic E-state index is 0.229. The van der Waals surface area contributed by atoms with E-state index < -0.39 is 87.9 Å². The van der Waals surface area contributed by atoms with Gasteiger partial charge in [-0.3, -0.25) is 4.79 Å². The molecule has 0 bridgehead atoms. The number of aliphatic hydroxyl groups excluding tert-OH is 2. The molecule has 0 aromatic carbocycles. The Balaban J connectivity index is 1.72. The third-order valence-corrected chi connectivity index (χ3v) is 9.00. The molecule has 0 radical (unpaired) electrons. The Hall–Kier alpha value is -1.75. The maximum Gasteiger partial charge on any atom is 0.343 e. The van der Waals surface area contributed by atoms with E-state index in [-0.39, 0.29) is 6.42 Å². The van der Waals surface area contributed by atoms with Gasteiger partial charge in [0.05, 0.1) is 16.7 Å². The molecule has 0 aromatic rings. The van der Waals surface area contributed by atoms with Crippen molar-refractivity contribution in [3.8, 4) is 0 Å². The Labute approximate surface area is 171 Å². The predicted octanol–water partition coefficient (Wildman–Crippen LogP) is -1.37. The first-order valence-electron chi connectivity index (χ1n) is 10.2. The number of hydrogen-bond acceptors (Lipinski definition) is 10. The summed E-state index contributed by atoms with van der Waals surface area (Å²) in [5, 5.41) is 34.7. The van der Waals surface area contributed by atoms with Gasteiger partial charge in [0.2, 0.25) is 11.9 Å². The largest absolute Gasteiger partial charge is 0.459 e. The van der Waals surface area contributed by atoms with Crippen LogP contribution < -0.4 is 0 Å². The van der Waals surface area contributed by atoms with Crippen LogP contribution in [0, 0.1) is 28.1 Å². The SMILES string of the molecule is C[C@@H]1C(=O)O[C@H]2[C@H](O)C34C5CC(C(C)(C)C)[C@]36C(O)C(=O)O[C@H]6O[C@@]4(C(=O)O5)[C@@]12O. The van der Waals surface area contributed by atoms with Gasteiger partial charge in [-0.2, -0.15) is 0 Å². The normalized spacial score (nSPS) is 60.1. The topological polar surface area (TPSA) is 149 Å². The van der Waals surface area contributed by atoms with E-state index in [9.17, 15) is 29.7 Å². The van der Waals surface area contributed by atoms with Crippen molar-refractivity contribution < 1.29 is 48.7 Å². The first kappa shape index (κ1) is 19.0. The molecule has 6 aliphatic rings. The Morgan fingerprint density at radius 2 is 1.70 bits per heavy atom. The van der Waals surface area contributed by atoms with Gasteiger partial charge in [-0.1, -0.05) is 20.8 Å². The van der Waals surface area contributed by atoms with Crippen LogP contribution in [0.15, 0.2) is 0 Å². The van der Waals surface area contributed by atoms with Crippen molar-refractivity contribution in [2.75, 3.05) is 0 Å². The summed E-state index contributed by atoms with van der Waals surface area (Å²) in [5.41, 5.74) is -8.26. The Kier molecular flexibility index (Phi) is 2.97. The average molecular weight is 424 g/mol. The van der Waals surface area contributed by atoms with Crippen molar-refractivity contribution in [1.82, 2.24) is 0 Å². The lowest BCUT2D eigenvalue weighted by Gasteiger charge is -2.47. The molecule has 6 rings (SSSR count). The van der Waals surface area contributed by atoms with Crippen LogP contribution in [0.3, 0.4) is 0 Å². The number of rotatable bonds is 0. The zero-order chi connectivity index (χ0) is 21.8. The summed E-state index contributed by atoms with van der Waals surface area (Å²) in [6.45, 7) is 7.14. The highest BCUT2D eigenvalue weighted by atomic mass is 16.8. The van der Waals surface area contributed by atoms with Gasteiger partial charge >= 0.3 is 17.9 Å². The maximum atomic E-state index is 13.4. The molecule has 30 heavy (non-hydrogen) atoms. The van der Waals surface area contributed by atoms with Crippen molar-refractivity contribution in [3.63, 3.8) is 0 Å². The van der Waals surface area contributed by atoms with Crippen LogP contribution >= 0.6 is 0 Å². The van der Waals surface area contributed by atoms with Crippen molar-refractivity contribution in [3.05, 3.63) is 0 Å². The smallest absolute Gasteiger partial charge is 0.343 e. The van der Waals surface area contributed by atoms with Crippen LogP contribution in [0.25, 0.3) is 0 Å². The molecule has 4 heterocycles. The molecule has 4 saturated heterocycles. The van der Waals surface area contributed by atoms with Crippen LogP contribution in [0.2, 0.25) is 0 Å². The van der Waals surface area contributed by atoms with Crippen LogP contribution in [-0.2, 0) is 33.3 Å². The minimum Gasteiger partial charge on any atom is -0.459 e. The van der Waals surface area contributed by atoms with Crippen molar-refractivity contribution in [1.29, 1.82) is 0 Å². The van der Waals surface area contributed by atoms with Gasteiger partial charge in [0.1, 0.15) is 12.2 Å². The van der Waals surface area contributed by atoms with E-state index in [0.29, 0.717) is 0 Å². The summed E-state index contributed by atoms with van der Waals surface area (Å²) in [6, 6.07) is 0. The molecule has 11 atom stereocenters. The first-order valence-corrected chi connectivity index (χ1v) is 10.2. The number of carbonyl (C=O) groups excluding carboxylic acids is 3. The van der Waals surface area contributed by atoms with Gasteiger partial charge in [-0.05, 0) is 24.7 Å². The second-order valence-corrected chi connectivity index (χ2v) is 10.7. The number of esters is 3. The molecule has 0 amide bonds. The lowest BCUT2D eigenvalue weighted by Crippen LogP contribution is -2.67. The van der Waals surface area contributed by atoms with Gasteiger partial charge < -0.3 is 34.3 Å². The molecule has 2 saturated carbocycles. The molecule has 10 nitrogen and oxygen atoms in total. The van der Waals surface area contributed by atoms with E-state index in [0.717, 1.165) is 0 Å². The highest BCUT2D eigenvalue weighted by Crippen LogP contribution is 2.84. The van der Waals surface area contributed by atoms with Crippen molar-refractivity contribution in [2.24, 2.45) is 28.1 Å². The molecule has 2 spiro atoms. The van der Waals surface area contributed by atoms with E-state index in [1.54, 1.807) is 0 Å². The second-order valence-electron chi connectivity index (χ2n) is 10.7. The van der Waals surface area contributed by atoms with Crippen LogP contribution in [0.4, 0.5) is 0 Å². The number of ether oxygens (including phenoxy) is 4.